The zero-order valence-electron chi connectivity index (χ0n) is 10.7. The number of methoxy groups -OCH3 is 1. The van der Waals surface area contributed by atoms with Crippen molar-refractivity contribution in [3.8, 4) is 5.88 Å². The molecule has 1 atom stereocenters. The van der Waals surface area contributed by atoms with Crippen molar-refractivity contribution < 1.29 is 9.47 Å². The first-order valence-corrected chi connectivity index (χ1v) is 5.51. The predicted octanol–water partition coefficient (Wildman–Crippen LogP) is 0.805. The van der Waals surface area contributed by atoms with Crippen LogP contribution in [-0.4, -0.2) is 29.3 Å². The molecule has 1 aromatic heterocycles. The highest BCUT2D eigenvalue weighted by molar-refractivity contribution is 5.23. The molecule has 0 aliphatic carbocycles. The molecule has 0 saturated carbocycles. The van der Waals surface area contributed by atoms with Crippen molar-refractivity contribution in [3.63, 3.8) is 0 Å². The van der Waals surface area contributed by atoms with Gasteiger partial charge in [-0.1, -0.05) is 0 Å². The normalized spacial score (nSPS) is 13.5. The maximum Gasteiger partial charge on any atom is 0.237 e. The molecule has 0 aliphatic rings. The lowest BCUT2D eigenvalue weighted by atomic mass is 9.96. The van der Waals surface area contributed by atoms with Crippen LogP contribution in [-0.2, 0) is 4.74 Å². The number of hydrazine groups is 1. The third kappa shape index (κ3) is 3.12. The van der Waals surface area contributed by atoms with Gasteiger partial charge in [-0.2, -0.15) is 0 Å². The predicted molar refractivity (Wildman–Crippen MR) is 64.4 cm³/mol. The van der Waals surface area contributed by atoms with E-state index in [9.17, 15) is 0 Å². The molecule has 0 aromatic carbocycles. The summed E-state index contributed by atoms with van der Waals surface area (Å²) < 4.78 is 10.8. The van der Waals surface area contributed by atoms with Gasteiger partial charge in [-0.3, -0.25) is 10.8 Å². The highest BCUT2D eigenvalue weighted by Crippen LogP contribution is 2.30. The van der Waals surface area contributed by atoms with Crippen molar-refractivity contribution in [2.45, 2.75) is 32.4 Å². The molecule has 96 valence electrons. The highest BCUT2D eigenvalue weighted by atomic mass is 16.5. The lowest BCUT2D eigenvalue weighted by molar-refractivity contribution is -0.0409. The molecule has 1 aromatic rings. The molecular formula is C11H20N4O2. The monoisotopic (exact) mass is 240 g/mol. The summed E-state index contributed by atoms with van der Waals surface area (Å²) in [6.45, 7) is 6.40. The molecule has 0 amide bonds. The number of nitrogens with zero attached hydrogens (tertiary/aromatic N) is 2. The van der Waals surface area contributed by atoms with E-state index >= 15 is 0 Å². The van der Waals surface area contributed by atoms with Crippen molar-refractivity contribution in [2.75, 3.05) is 13.7 Å². The van der Waals surface area contributed by atoms with Crippen LogP contribution in [0.15, 0.2) is 12.4 Å². The van der Waals surface area contributed by atoms with Gasteiger partial charge in [-0.15, -0.1) is 0 Å². The second kappa shape index (κ2) is 5.90. The Morgan fingerprint density at radius 3 is 2.59 bits per heavy atom. The van der Waals surface area contributed by atoms with Crippen molar-refractivity contribution in [1.29, 1.82) is 0 Å². The number of nitrogens with one attached hydrogen (secondary N) is 1. The van der Waals surface area contributed by atoms with E-state index < -0.39 is 5.60 Å². The first-order valence-electron chi connectivity index (χ1n) is 5.51. The number of aromatic nitrogens is 2. The fourth-order valence-corrected chi connectivity index (χ4v) is 1.76. The molecule has 0 aliphatic heterocycles. The van der Waals surface area contributed by atoms with E-state index in [2.05, 4.69) is 15.4 Å². The Balaban J connectivity index is 3.08. The molecule has 6 nitrogen and oxygen atoms in total. The molecule has 17 heavy (non-hydrogen) atoms. The molecule has 3 N–H and O–H groups in total. The number of hydrogen-bond acceptors (Lipinski definition) is 6. The van der Waals surface area contributed by atoms with Gasteiger partial charge in [-0.25, -0.2) is 10.4 Å². The molecule has 0 fully saturated rings. The van der Waals surface area contributed by atoms with Gasteiger partial charge in [0.15, 0.2) is 0 Å². The quantitative estimate of drug-likeness (QED) is 0.565. The van der Waals surface area contributed by atoms with Crippen molar-refractivity contribution >= 4 is 0 Å². The van der Waals surface area contributed by atoms with Crippen molar-refractivity contribution in [3.05, 3.63) is 18.1 Å². The van der Waals surface area contributed by atoms with Gasteiger partial charge in [0, 0.05) is 19.0 Å². The van der Waals surface area contributed by atoms with Gasteiger partial charge in [0.25, 0.3) is 0 Å². The molecule has 1 unspecified atom stereocenters. The third-order valence-corrected chi connectivity index (χ3v) is 2.54. The number of rotatable bonds is 6. The highest BCUT2D eigenvalue weighted by Gasteiger charge is 2.34. The Morgan fingerprint density at radius 2 is 2.06 bits per heavy atom. The van der Waals surface area contributed by atoms with Crippen LogP contribution in [0.4, 0.5) is 0 Å². The standard InChI is InChI=1S/C11H20N4O2/c1-5-17-11(2,3)9(15-12)8-10(16-4)14-7-6-13-8/h6-7,9,15H,5,12H2,1-4H3. The van der Waals surface area contributed by atoms with Crippen LogP contribution in [0, 0.1) is 0 Å². The summed E-state index contributed by atoms with van der Waals surface area (Å²) in [7, 11) is 1.55. The first-order chi connectivity index (χ1) is 8.06. The van der Waals surface area contributed by atoms with Crippen molar-refractivity contribution in [2.24, 2.45) is 5.84 Å². The molecule has 0 radical (unpaired) electrons. The van der Waals surface area contributed by atoms with Crippen LogP contribution in [0.2, 0.25) is 0 Å². The number of nitrogens with two attached hydrogens (primary N) is 1. The summed E-state index contributed by atoms with van der Waals surface area (Å²) in [4.78, 5) is 8.36. The maximum atomic E-state index is 5.67. The lowest BCUT2D eigenvalue weighted by Gasteiger charge is -2.33. The minimum absolute atomic E-state index is 0.300. The van der Waals surface area contributed by atoms with Gasteiger partial charge >= 0.3 is 0 Å². The summed E-state index contributed by atoms with van der Waals surface area (Å²) in [6.07, 6.45) is 3.17. The first kappa shape index (κ1) is 13.8. The van der Waals surface area contributed by atoms with Gasteiger partial charge in [-0.05, 0) is 20.8 Å². The summed E-state index contributed by atoms with van der Waals surface area (Å²) >= 11 is 0. The zero-order chi connectivity index (χ0) is 12.9. The van der Waals surface area contributed by atoms with Crippen molar-refractivity contribution in [1.82, 2.24) is 15.4 Å². The third-order valence-electron chi connectivity index (χ3n) is 2.54. The molecule has 6 heteroatoms. The van der Waals surface area contributed by atoms with E-state index in [0.29, 0.717) is 18.2 Å². The molecule has 0 spiro atoms. The molecule has 1 rings (SSSR count). The summed E-state index contributed by atoms with van der Waals surface area (Å²) in [5.74, 6) is 6.04. The Bertz CT molecular complexity index is 357. The van der Waals surface area contributed by atoms with Crippen LogP contribution < -0.4 is 16.0 Å². The van der Waals surface area contributed by atoms with Crippen LogP contribution in [0.25, 0.3) is 0 Å². The fraction of sp³-hybridized carbons (Fsp3) is 0.636. The van der Waals surface area contributed by atoms with Crippen LogP contribution in [0.5, 0.6) is 5.88 Å². The molecule has 0 saturated heterocycles. The average Bonchev–Trinajstić information content (AvgIpc) is 2.30. The molecular weight excluding hydrogens is 220 g/mol. The van der Waals surface area contributed by atoms with E-state index in [1.54, 1.807) is 19.5 Å². The van der Waals surface area contributed by atoms with Gasteiger partial charge in [0.1, 0.15) is 5.69 Å². The summed E-state index contributed by atoms with van der Waals surface area (Å²) in [5.41, 5.74) is 2.84. The fourth-order valence-electron chi connectivity index (χ4n) is 1.76. The Hall–Kier alpha value is -1.24. The topological polar surface area (TPSA) is 82.3 Å². The van der Waals surface area contributed by atoms with E-state index in [4.69, 9.17) is 15.3 Å². The summed E-state index contributed by atoms with van der Waals surface area (Å²) in [5, 5.41) is 0. The van der Waals surface area contributed by atoms with Crippen LogP contribution in [0.3, 0.4) is 0 Å². The smallest absolute Gasteiger partial charge is 0.237 e. The Morgan fingerprint density at radius 1 is 1.41 bits per heavy atom. The largest absolute Gasteiger partial charge is 0.480 e. The minimum Gasteiger partial charge on any atom is -0.480 e. The lowest BCUT2D eigenvalue weighted by Crippen LogP contribution is -2.45. The van der Waals surface area contributed by atoms with Gasteiger partial charge in [0.05, 0.1) is 18.8 Å². The number of ether oxygens (including phenoxy) is 2. The van der Waals surface area contributed by atoms with E-state index in [1.165, 1.54) is 0 Å². The van der Waals surface area contributed by atoms with Gasteiger partial charge < -0.3 is 9.47 Å². The Labute approximate surface area is 102 Å². The zero-order valence-corrected chi connectivity index (χ0v) is 10.7. The van der Waals surface area contributed by atoms with E-state index in [-0.39, 0.29) is 6.04 Å². The second-order valence-electron chi connectivity index (χ2n) is 4.09. The SMILES string of the molecule is CCOC(C)(C)C(NN)c1nccnc1OC. The van der Waals surface area contributed by atoms with E-state index in [0.717, 1.165) is 0 Å². The maximum absolute atomic E-state index is 5.67. The second-order valence-corrected chi connectivity index (χ2v) is 4.09. The Kier molecular flexibility index (Phi) is 4.80. The average molecular weight is 240 g/mol. The minimum atomic E-state index is -0.507. The van der Waals surface area contributed by atoms with Crippen LogP contribution in [0.1, 0.15) is 32.5 Å². The number of hydrogen-bond donors (Lipinski definition) is 2. The van der Waals surface area contributed by atoms with Crippen LogP contribution >= 0.6 is 0 Å². The molecule has 1 heterocycles. The van der Waals surface area contributed by atoms with E-state index in [1.807, 2.05) is 20.8 Å². The summed E-state index contributed by atoms with van der Waals surface area (Å²) in [6, 6.07) is -0.300. The van der Waals surface area contributed by atoms with Gasteiger partial charge in [0.2, 0.25) is 5.88 Å². The molecule has 0 bridgehead atoms.